The van der Waals surface area contributed by atoms with E-state index in [-0.39, 0.29) is 18.1 Å². The van der Waals surface area contributed by atoms with Crippen molar-refractivity contribution < 1.29 is 22.7 Å². The second-order valence-corrected chi connectivity index (χ2v) is 9.50. The van der Waals surface area contributed by atoms with Gasteiger partial charge >= 0.3 is 6.18 Å². The van der Waals surface area contributed by atoms with Crippen molar-refractivity contribution in [3.05, 3.63) is 65.4 Å². The Kier molecular flexibility index (Phi) is 7.02. The van der Waals surface area contributed by atoms with Gasteiger partial charge in [-0.1, -0.05) is 12.1 Å². The number of fused-ring (bicyclic) bond motifs is 1. The Hall–Kier alpha value is -4.35. The normalized spacial score (nSPS) is 15.7. The number of halogens is 3. The first-order chi connectivity index (χ1) is 18.6. The number of anilines is 2. The average Bonchev–Trinajstić information content (AvgIpc) is 3.75. The number of benzene rings is 1. The van der Waals surface area contributed by atoms with Gasteiger partial charge in [0.05, 0.1) is 19.3 Å². The van der Waals surface area contributed by atoms with E-state index < -0.39 is 11.9 Å². The van der Waals surface area contributed by atoms with Crippen LogP contribution in [-0.4, -0.2) is 44.8 Å². The quantitative estimate of drug-likeness (QED) is 0.380. The van der Waals surface area contributed by atoms with Crippen molar-refractivity contribution in [2.45, 2.75) is 51.2 Å². The largest absolute Gasteiger partial charge is 0.480 e. The molecule has 12 heteroatoms. The Morgan fingerprint density at radius 2 is 1.92 bits per heavy atom. The van der Waals surface area contributed by atoms with Gasteiger partial charge in [-0.15, -0.1) is 0 Å². The molecule has 1 amide bonds. The summed E-state index contributed by atoms with van der Waals surface area (Å²) in [6.07, 6.45) is 2.14. The van der Waals surface area contributed by atoms with E-state index in [9.17, 15) is 18.0 Å². The lowest BCUT2D eigenvalue weighted by atomic mass is 10.0. The van der Waals surface area contributed by atoms with Crippen molar-refractivity contribution in [3.8, 4) is 17.3 Å². The molecule has 2 N–H and O–H groups in total. The van der Waals surface area contributed by atoms with Crippen LogP contribution in [0.1, 0.15) is 48.9 Å². The molecule has 0 spiro atoms. The number of hydrogen-bond donors (Lipinski definition) is 2. The predicted molar refractivity (Wildman–Crippen MR) is 139 cm³/mol. The van der Waals surface area contributed by atoms with E-state index >= 15 is 0 Å². The van der Waals surface area contributed by atoms with Crippen LogP contribution in [0, 0.1) is 5.41 Å². The van der Waals surface area contributed by atoms with Gasteiger partial charge in [-0.2, -0.15) is 13.2 Å². The van der Waals surface area contributed by atoms with Crippen LogP contribution < -0.4 is 15.0 Å². The van der Waals surface area contributed by atoms with E-state index in [1.54, 1.807) is 35.4 Å². The van der Waals surface area contributed by atoms with E-state index in [2.05, 4.69) is 20.3 Å². The van der Waals surface area contributed by atoms with Crippen LogP contribution in [0.2, 0.25) is 0 Å². The van der Waals surface area contributed by atoms with Crippen LogP contribution >= 0.6 is 0 Å². The zero-order valence-corrected chi connectivity index (χ0v) is 21.3. The predicted octanol–water partition coefficient (Wildman–Crippen LogP) is 5.20. The molecule has 1 saturated carbocycles. The van der Waals surface area contributed by atoms with Gasteiger partial charge in [0, 0.05) is 35.5 Å². The summed E-state index contributed by atoms with van der Waals surface area (Å²) >= 11 is 0. The van der Waals surface area contributed by atoms with Crippen molar-refractivity contribution in [2.75, 3.05) is 17.3 Å². The lowest BCUT2D eigenvalue weighted by Gasteiger charge is -2.28. The number of hydrogen-bond acceptors (Lipinski definition) is 8. The molecule has 2 aliphatic rings. The molecule has 9 nitrogen and oxygen atoms in total. The molecule has 3 aromatic rings. The molecule has 1 aliphatic heterocycles. The van der Waals surface area contributed by atoms with Gasteiger partial charge in [0.15, 0.2) is 5.82 Å². The molecule has 39 heavy (non-hydrogen) atoms. The zero-order valence-electron chi connectivity index (χ0n) is 21.3. The Labute approximate surface area is 222 Å². The van der Waals surface area contributed by atoms with Crippen molar-refractivity contribution in [1.29, 1.82) is 5.41 Å². The molecule has 202 valence electrons. The van der Waals surface area contributed by atoms with Gasteiger partial charge in [-0.05, 0) is 50.0 Å². The van der Waals surface area contributed by atoms with Crippen LogP contribution in [0.15, 0.2) is 48.6 Å². The third-order valence-corrected chi connectivity index (χ3v) is 6.53. The minimum atomic E-state index is -4.70. The number of aromatic nitrogens is 4. The van der Waals surface area contributed by atoms with Gasteiger partial charge < -0.3 is 10.1 Å². The minimum absolute atomic E-state index is 0.0718. The molecule has 3 heterocycles. The van der Waals surface area contributed by atoms with E-state index in [0.29, 0.717) is 47.5 Å². The molecule has 0 atom stereocenters. The first-order valence-corrected chi connectivity index (χ1v) is 12.4. The maximum Gasteiger partial charge on any atom is 0.432 e. The number of carbonyl (C=O) groups is 1. The SMILES string of the molecule is COc1ncnc(C2CC2)c1-c1ncc2c(n1)N(Cc1ccc(N/C(C)=C\C(=N)C(F)(F)F)cc1)C(=O)CC2. The number of carbonyl (C=O) groups excluding carboxylic acids is 1. The molecule has 0 saturated heterocycles. The number of allylic oxidation sites excluding steroid dienone is 2. The topological polar surface area (TPSA) is 117 Å². The number of rotatable bonds is 8. The summed E-state index contributed by atoms with van der Waals surface area (Å²) in [5.74, 6) is 1.55. The lowest BCUT2D eigenvalue weighted by Crippen LogP contribution is -2.35. The molecule has 0 radical (unpaired) electrons. The summed E-state index contributed by atoms with van der Waals surface area (Å²) in [6.45, 7) is 1.71. The number of amides is 1. The average molecular weight is 538 g/mol. The number of nitrogens with one attached hydrogen (secondary N) is 2. The maximum absolute atomic E-state index is 13.0. The Morgan fingerprint density at radius 3 is 2.59 bits per heavy atom. The standard InChI is InChI=1S/C27H26F3N7O2/c1-15(11-20(31)27(28,29)30)35-19-8-3-16(4-9-19)13-37-21(38)10-7-18-12-32-24(36-25(18)37)22-23(17-5-6-17)33-14-34-26(22)39-2/h3-4,8-9,11-12,14,17,31,35H,5-7,10,13H2,1-2H3/b15-11-,31-20?. The first-order valence-electron chi connectivity index (χ1n) is 12.4. The summed E-state index contributed by atoms with van der Waals surface area (Å²) < 4.78 is 43.4. The molecule has 2 aromatic heterocycles. The molecule has 5 rings (SSSR count). The van der Waals surface area contributed by atoms with Crippen molar-refractivity contribution in [2.24, 2.45) is 0 Å². The summed E-state index contributed by atoms with van der Waals surface area (Å²) in [4.78, 5) is 32.7. The molecule has 1 fully saturated rings. The fraction of sp³-hybridized carbons (Fsp3) is 0.333. The first kappa shape index (κ1) is 26.3. The maximum atomic E-state index is 13.0. The molecular weight excluding hydrogens is 511 g/mol. The Bertz CT molecular complexity index is 1450. The number of alkyl halides is 3. The highest BCUT2D eigenvalue weighted by Crippen LogP contribution is 2.45. The highest BCUT2D eigenvalue weighted by molar-refractivity contribution is 5.97. The van der Waals surface area contributed by atoms with Gasteiger partial charge in [0.25, 0.3) is 0 Å². The summed E-state index contributed by atoms with van der Waals surface area (Å²) in [7, 11) is 1.53. The monoisotopic (exact) mass is 537 g/mol. The summed E-state index contributed by atoms with van der Waals surface area (Å²) in [5.41, 5.74) is 2.45. The summed E-state index contributed by atoms with van der Waals surface area (Å²) in [6, 6.07) is 6.98. The van der Waals surface area contributed by atoms with Crippen molar-refractivity contribution >= 4 is 23.1 Å². The number of ether oxygens (including phenoxy) is 1. The highest BCUT2D eigenvalue weighted by Gasteiger charge is 2.34. The number of nitrogens with zero attached hydrogens (tertiary/aromatic N) is 5. The number of aryl methyl sites for hydroxylation is 1. The van der Waals surface area contributed by atoms with Gasteiger partial charge in [0.1, 0.15) is 23.4 Å². The molecule has 0 unspecified atom stereocenters. The second-order valence-electron chi connectivity index (χ2n) is 9.50. The lowest BCUT2D eigenvalue weighted by molar-refractivity contribution is -0.119. The molecule has 1 aromatic carbocycles. The molecule has 0 bridgehead atoms. The second kappa shape index (κ2) is 10.4. The Morgan fingerprint density at radius 1 is 1.18 bits per heavy atom. The zero-order chi connectivity index (χ0) is 27.7. The van der Waals surface area contributed by atoms with Gasteiger partial charge in [-0.25, -0.2) is 19.9 Å². The van der Waals surface area contributed by atoms with Crippen molar-refractivity contribution in [3.63, 3.8) is 0 Å². The summed E-state index contributed by atoms with van der Waals surface area (Å²) in [5, 5.41) is 9.97. The van der Waals surface area contributed by atoms with Crippen LogP contribution in [0.3, 0.4) is 0 Å². The fourth-order valence-corrected chi connectivity index (χ4v) is 4.44. The van der Waals surface area contributed by atoms with E-state index in [1.165, 1.54) is 20.4 Å². The highest BCUT2D eigenvalue weighted by atomic mass is 19.4. The Balaban J connectivity index is 1.39. The number of methoxy groups -OCH3 is 1. The van der Waals surface area contributed by atoms with E-state index in [4.69, 9.17) is 15.1 Å². The molecular formula is C27H26F3N7O2. The third-order valence-electron chi connectivity index (χ3n) is 6.53. The van der Waals surface area contributed by atoms with Gasteiger partial charge in [0.2, 0.25) is 11.8 Å². The van der Waals surface area contributed by atoms with E-state index in [1.807, 2.05) is 0 Å². The van der Waals surface area contributed by atoms with Crippen LogP contribution in [0.5, 0.6) is 5.88 Å². The minimum Gasteiger partial charge on any atom is -0.480 e. The third kappa shape index (κ3) is 5.74. The molecule has 1 aliphatic carbocycles. The van der Waals surface area contributed by atoms with Crippen LogP contribution in [0.4, 0.5) is 24.7 Å². The van der Waals surface area contributed by atoms with Crippen LogP contribution in [-0.2, 0) is 17.8 Å². The van der Waals surface area contributed by atoms with Crippen molar-refractivity contribution in [1.82, 2.24) is 19.9 Å². The fourth-order valence-electron chi connectivity index (χ4n) is 4.44. The van der Waals surface area contributed by atoms with E-state index in [0.717, 1.165) is 35.7 Å². The van der Waals surface area contributed by atoms with Crippen LogP contribution in [0.25, 0.3) is 11.4 Å². The van der Waals surface area contributed by atoms with Gasteiger partial charge in [-0.3, -0.25) is 15.1 Å². The smallest absolute Gasteiger partial charge is 0.432 e.